The average Bonchev–Trinajstić information content (AvgIpc) is 3.15. The molecule has 4 aromatic carbocycles. The standard InChI is InChI=1S/C29H30N4O2.C11H12N4O2/c1-20-28(34)31-30-26-17-35-25-14-13-21(15-24(25)33(20)26)16-29(2)18-32(19-29)27(22-9-5-3-6-10-22)23-11-7-4-8-12-23;1-6-11(16)14-13-10-5-17-9-3-2-7(12)4-8(9)15(6)10/h3-15,20,27H,16-19H2,1-2H3,(H,31,34);2-4,6H,5,12H2,1H3,(H,14,16)/t20-;6-/m11/s1. The molecule has 0 aromatic heterocycles. The van der Waals surface area contributed by atoms with Gasteiger partial charge in [-0.1, -0.05) is 73.7 Å². The summed E-state index contributed by atoms with van der Waals surface area (Å²) in [6.45, 7) is 8.85. The number of anilines is 3. The highest BCUT2D eigenvalue weighted by atomic mass is 16.5. The number of likely N-dealkylation sites (tertiary alicyclic amines) is 1. The number of hydrogen-bond acceptors (Lipinski definition) is 10. The SMILES string of the molecule is C[C@@H]1C(=O)NN=C2COc3ccc(CC4(C)CN(C(c5ccccc5)c5ccccc5)C4)cc3N21.C[C@@H]1C(=O)NN=C2COc3ccc(N)cc3N21. The number of fused-ring (bicyclic) bond motifs is 6. The third kappa shape index (κ3) is 6.19. The van der Waals surface area contributed by atoms with Gasteiger partial charge in [0.1, 0.15) is 36.8 Å². The van der Waals surface area contributed by atoms with E-state index in [1.807, 2.05) is 29.7 Å². The molecule has 1 fully saturated rings. The van der Waals surface area contributed by atoms with E-state index in [1.54, 1.807) is 18.2 Å². The van der Waals surface area contributed by atoms with Gasteiger partial charge >= 0.3 is 0 Å². The lowest BCUT2D eigenvalue weighted by molar-refractivity contribution is -0.123. The third-order valence-corrected chi connectivity index (χ3v) is 10.3. The predicted octanol–water partition coefficient (Wildman–Crippen LogP) is 4.67. The number of carbonyl (C=O) groups excluding carboxylic acids is 2. The van der Waals surface area contributed by atoms with Crippen LogP contribution in [0.5, 0.6) is 11.5 Å². The van der Waals surface area contributed by atoms with Crippen LogP contribution in [-0.2, 0) is 16.0 Å². The Morgan fingerprint density at radius 1 is 0.750 bits per heavy atom. The molecule has 5 heterocycles. The summed E-state index contributed by atoms with van der Waals surface area (Å²) in [7, 11) is 0. The second-order valence-electron chi connectivity index (χ2n) is 14.3. The summed E-state index contributed by atoms with van der Waals surface area (Å²) in [5, 5.41) is 8.20. The number of nitrogen functional groups attached to an aromatic ring is 1. The van der Waals surface area contributed by atoms with Gasteiger partial charge in [0, 0.05) is 18.8 Å². The number of nitrogens with zero attached hydrogens (tertiary/aromatic N) is 5. The van der Waals surface area contributed by atoms with Crippen LogP contribution in [0.25, 0.3) is 0 Å². The zero-order valence-corrected chi connectivity index (χ0v) is 29.5. The lowest BCUT2D eigenvalue weighted by Crippen LogP contribution is -2.57. The molecule has 0 aliphatic carbocycles. The largest absolute Gasteiger partial charge is 0.483 e. The Kier molecular flexibility index (Phi) is 8.54. The maximum absolute atomic E-state index is 12.3. The topological polar surface area (TPSA) is 137 Å². The number of nitrogens with one attached hydrogen (secondary N) is 2. The van der Waals surface area contributed by atoms with Gasteiger partial charge in [0.05, 0.1) is 17.4 Å². The molecule has 4 N–H and O–H groups in total. The Labute approximate surface area is 302 Å². The Balaban J connectivity index is 0.000000190. The van der Waals surface area contributed by atoms with Crippen LogP contribution in [0.15, 0.2) is 107 Å². The van der Waals surface area contributed by atoms with Gasteiger partial charge in [-0.2, -0.15) is 10.2 Å². The predicted molar refractivity (Wildman–Crippen MR) is 201 cm³/mol. The minimum absolute atomic E-state index is 0.0959. The molecule has 5 aliphatic heterocycles. The Morgan fingerprint density at radius 2 is 1.25 bits per heavy atom. The van der Waals surface area contributed by atoms with E-state index in [9.17, 15) is 9.59 Å². The van der Waals surface area contributed by atoms with E-state index in [4.69, 9.17) is 15.2 Å². The van der Waals surface area contributed by atoms with E-state index in [0.29, 0.717) is 24.7 Å². The summed E-state index contributed by atoms with van der Waals surface area (Å²) in [5.41, 5.74) is 17.3. The van der Waals surface area contributed by atoms with Crippen molar-refractivity contribution in [3.8, 4) is 11.5 Å². The van der Waals surface area contributed by atoms with Crippen molar-refractivity contribution in [2.45, 2.75) is 45.3 Å². The van der Waals surface area contributed by atoms with Crippen molar-refractivity contribution in [3.63, 3.8) is 0 Å². The number of amidine groups is 2. The molecular formula is C40H42N8O4. The summed E-state index contributed by atoms with van der Waals surface area (Å²) in [5.74, 6) is 2.74. The zero-order valence-electron chi connectivity index (χ0n) is 29.5. The van der Waals surface area contributed by atoms with Crippen molar-refractivity contribution < 1.29 is 19.1 Å². The van der Waals surface area contributed by atoms with Crippen LogP contribution in [0.3, 0.4) is 0 Å². The van der Waals surface area contributed by atoms with Gasteiger partial charge in [-0.3, -0.25) is 14.5 Å². The molecule has 52 heavy (non-hydrogen) atoms. The Bertz CT molecular complexity index is 2030. The van der Waals surface area contributed by atoms with Crippen molar-refractivity contribution in [3.05, 3.63) is 114 Å². The Hall–Kier alpha value is -5.88. The molecule has 9 rings (SSSR count). The monoisotopic (exact) mass is 698 g/mol. The molecule has 12 heteroatoms. The number of carbonyl (C=O) groups is 2. The maximum atomic E-state index is 12.3. The highest BCUT2D eigenvalue weighted by molar-refractivity contribution is 6.10. The number of hydrogen-bond donors (Lipinski definition) is 3. The summed E-state index contributed by atoms with van der Waals surface area (Å²) in [6, 6.07) is 32.9. The number of nitrogens with two attached hydrogens (primary N) is 1. The molecule has 1 saturated heterocycles. The first-order chi connectivity index (χ1) is 25.2. The molecule has 0 unspecified atom stereocenters. The molecule has 266 valence electrons. The van der Waals surface area contributed by atoms with Gasteiger partial charge in [0.15, 0.2) is 11.7 Å². The van der Waals surface area contributed by atoms with E-state index >= 15 is 0 Å². The molecule has 0 spiro atoms. The van der Waals surface area contributed by atoms with Crippen molar-refractivity contribution >= 4 is 40.5 Å². The molecule has 0 bridgehead atoms. The fraction of sp³-hybridized carbons (Fsp3) is 0.300. The van der Waals surface area contributed by atoms with E-state index in [2.05, 4.69) is 106 Å². The second-order valence-corrected chi connectivity index (χ2v) is 14.3. The van der Waals surface area contributed by atoms with Crippen LogP contribution >= 0.6 is 0 Å². The molecule has 4 aromatic rings. The first kappa shape index (κ1) is 33.3. The summed E-state index contributed by atoms with van der Waals surface area (Å²) < 4.78 is 11.5. The van der Waals surface area contributed by atoms with Gasteiger partial charge in [-0.05, 0) is 72.7 Å². The highest BCUT2D eigenvalue weighted by Crippen LogP contribution is 2.43. The van der Waals surface area contributed by atoms with Gasteiger partial charge in [0.2, 0.25) is 0 Å². The summed E-state index contributed by atoms with van der Waals surface area (Å²) >= 11 is 0. The molecule has 2 atom stereocenters. The first-order valence-electron chi connectivity index (χ1n) is 17.6. The normalized spacial score (nSPS) is 21.2. The van der Waals surface area contributed by atoms with Crippen molar-refractivity contribution in [2.75, 3.05) is 41.8 Å². The highest BCUT2D eigenvalue weighted by Gasteiger charge is 2.43. The minimum atomic E-state index is -0.313. The molecule has 0 radical (unpaired) electrons. The number of ether oxygens (including phenoxy) is 2. The average molecular weight is 699 g/mol. The summed E-state index contributed by atoms with van der Waals surface area (Å²) in [4.78, 5) is 30.3. The number of benzene rings is 4. The zero-order chi connectivity index (χ0) is 36.0. The van der Waals surface area contributed by atoms with E-state index in [-0.39, 0.29) is 35.4 Å². The molecule has 0 saturated carbocycles. The molecule has 5 aliphatic rings. The van der Waals surface area contributed by atoms with E-state index < -0.39 is 0 Å². The minimum Gasteiger partial charge on any atom is -0.483 e. The van der Waals surface area contributed by atoms with Gasteiger partial charge in [0.25, 0.3) is 11.8 Å². The van der Waals surface area contributed by atoms with Crippen LogP contribution in [0.1, 0.15) is 43.5 Å². The molecule has 2 amide bonds. The number of amides is 2. The lowest BCUT2D eigenvalue weighted by Gasteiger charge is -2.52. The maximum Gasteiger partial charge on any atom is 0.262 e. The van der Waals surface area contributed by atoms with Gasteiger partial charge in [-0.25, -0.2) is 10.9 Å². The number of hydrazone groups is 2. The van der Waals surface area contributed by atoms with Crippen LogP contribution in [0, 0.1) is 5.41 Å². The van der Waals surface area contributed by atoms with Gasteiger partial charge < -0.3 is 25.0 Å². The van der Waals surface area contributed by atoms with Crippen molar-refractivity contribution in [2.24, 2.45) is 15.6 Å². The first-order valence-corrected chi connectivity index (χ1v) is 17.6. The van der Waals surface area contributed by atoms with Crippen LogP contribution in [-0.4, -0.2) is 66.8 Å². The Morgan fingerprint density at radius 3 is 1.79 bits per heavy atom. The molecule has 12 nitrogen and oxygen atoms in total. The van der Waals surface area contributed by atoms with Crippen LogP contribution in [0.2, 0.25) is 0 Å². The van der Waals surface area contributed by atoms with Crippen LogP contribution in [0.4, 0.5) is 17.1 Å². The van der Waals surface area contributed by atoms with Crippen molar-refractivity contribution in [1.82, 2.24) is 15.8 Å². The fourth-order valence-electron chi connectivity index (χ4n) is 7.83. The molecular weight excluding hydrogens is 656 g/mol. The third-order valence-electron chi connectivity index (χ3n) is 10.3. The lowest BCUT2D eigenvalue weighted by atomic mass is 9.74. The second kappa shape index (κ2) is 13.3. The van der Waals surface area contributed by atoms with Crippen molar-refractivity contribution in [1.29, 1.82) is 0 Å². The fourth-order valence-corrected chi connectivity index (χ4v) is 7.83. The van der Waals surface area contributed by atoms with Gasteiger partial charge in [-0.15, -0.1) is 0 Å². The number of rotatable bonds is 5. The quantitative estimate of drug-likeness (QED) is 0.256. The van der Waals surface area contributed by atoms with E-state index in [1.165, 1.54) is 16.7 Å². The van der Waals surface area contributed by atoms with Crippen LogP contribution < -0.4 is 35.9 Å². The van der Waals surface area contributed by atoms with E-state index in [0.717, 1.165) is 48.2 Å². The summed E-state index contributed by atoms with van der Waals surface area (Å²) in [6.07, 6.45) is 0.966. The smallest absolute Gasteiger partial charge is 0.262 e.